The zero-order valence-corrected chi connectivity index (χ0v) is 10.1. The third-order valence-corrected chi connectivity index (χ3v) is 2.90. The Morgan fingerprint density at radius 2 is 1.77 bits per heavy atom. The molecule has 1 heteroatoms. The minimum Gasteiger partial charge on any atom is -0.381 e. The fraction of sp³-hybridized carbons (Fsp3) is 0.833. The number of nitrogens with zero attached hydrogens (tertiary/aromatic N) is 1. The van der Waals surface area contributed by atoms with Gasteiger partial charge in [0.1, 0.15) is 0 Å². The lowest BCUT2D eigenvalue weighted by Gasteiger charge is -2.20. The van der Waals surface area contributed by atoms with E-state index in [9.17, 15) is 0 Å². The Balaban J connectivity index is 3.87. The van der Waals surface area contributed by atoms with E-state index in [1.807, 2.05) is 0 Å². The summed E-state index contributed by atoms with van der Waals surface area (Å²) in [5.74, 6) is 1.63. The van der Waals surface area contributed by atoms with Crippen LogP contribution in [-0.4, -0.2) is 19.0 Å². The van der Waals surface area contributed by atoms with Crippen molar-refractivity contribution in [3.8, 4) is 0 Å². The average Bonchev–Trinajstić information content (AvgIpc) is 2.04. The summed E-state index contributed by atoms with van der Waals surface area (Å²) in [5, 5.41) is 0. The lowest BCUT2D eigenvalue weighted by Crippen LogP contribution is -2.13. The second kappa shape index (κ2) is 6.06. The van der Waals surface area contributed by atoms with Crippen molar-refractivity contribution in [3.05, 3.63) is 11.8 Å². The summed E-state index contributed by atoms with van der Waals surface area (Å²) in [6, 6.07) is 0. The smallest absolute Gasteiger partial charge is 0.00842 e. The van der Waals surface area contributed by atoms with Gasteiger partial charge in [-0.3, -0.25) is 0 Å². The minimum atomic E-state index is 0.806. The average molecular weight is 183 g/mol. The Labute approximate surface area is 83.8 Å². The molecule has 0 saturated carbocycles. The summed E-state index contributed by atoms with van der Waals surface area (Å²) >= 11 is 0. The molecular formula is C12H25N. The summed E-state index contributed by atoms with van der Waals surface area (Å²) in [4.78, 5) is 2.22. The van der Waals surface area contributed by atoms with Gasteiger partial charge in [0.2, 0.25) is 0 Å². The van der Waals surface area contributed by atoms with Crippen LogP contribution in [-0.2, 0) is 0 Å². The Hall–Kier alpha value is -0.460. The number of allylic oxidation sites excluding steroid dienone is 2. The lowest BCUT2D eigenvalue weighted by atomic mass is 9.92. The van der Waals surface area contributed by atoms with Crippen LogP contribution in [0.4, 0.5) is 0 Å². The third kappa shape index (κ3) is 4.97. The maximum atomic E-state index is 2.34. The largest absolute Gasteiger partial charge is 0.381 e. The molecule has 0 aromatic rings. The second-order valence-electron chi connectivity index (χ2n) is 4.43. The number of hydrogen-bond acceptors (Lipinski definition) is 1. The van der Waals surface area contributed by atoms with Crippen LogP contribution in [0.25, 0.3) is 0 Å². The molecule has 0 radical (unpaired) electrons. The van der Waals surface area contributed by atoms with Gasteiger partial charge in [-0.25, -0.2) is 0 Å². The first-order valence-corrected chi connectivity index (χ1v) is 5.31. The van der Waals surface area contributed by atoms with Gasteiger partial charge in [0.05, 0.1) is 0 Å². The molecule has 0 spiro atoms. The molecule has 0 bridgehead atoms. The zero-order chi connectivity index (χ0) is 10.4. The summed E-state index contributed by atoms with van der Waals surface area (Å²) in [7, 11) is 4.24. The summed E-state index contributed by atoms with van der Waals surface area (Å²) in [6.07, 6.45) is 4.73. The van der Waals surface area contributed by atoms with E-state index in [-0.39, 0.29) is 0 Å². The molecule has 1 unspecified atom stereocenters. The van der Waals surface area contributed by atoms with Crippen LogP contribution in [0, 0.1) is 11.8 Å². The van der Waals surface area contributed by atoms with Crippen LogP contribution in [0.2, 0.25) is 0 Å². The molecule has 1 atom stereocenters. The molecule has 0 amide bonds. The first kappa shape index (κ1) is 12.5. The van der Waals surface area contributed by atoms with Gasteiger partial charge >= 0.3 is 0 Å². The SMILES string of the molecule is CC=C(CCC(C)C(C)C)N(C)C. The monoisotopic (exact) mass is 183 g/mol. The van der Waals surface area contributed by atoms with Gasteiger partial charge in [0.25, 0.3) is 0 Å². The van der Waals surface area contributed by atoms with Gasteiger partial charge in [-0.1, -0.05) is 26.8 Å². The van der Waals surface area contributed by atoms with Crippen molar-refractivity contribution >= 4 is 0 Å². The van der Waals surface area contributed by atoms with E-state index < -0.39 is 0 Å². The molecule has 78 valence electrons. The van der Waals surface area contributed by atoms with Gasteiger partial charge in [-0.05, 0) is 31.6 Å². The Morgan fingerprint density at radius 3 is 2.08 bits per heavy atom. The predicted molar refractivity (Wildman–Crippen MR) is 60.7 cm³/mol. The molecule has 0 fully saturated rings. The molecule has 0 aliphatic heterocycles. The van der Waals surface area contributed by atoms with Crippen molar-refractivity contribution in [1.82, 2.24) is 4.90 Å². The van der Waals surface area contributed by atoms with E-state index in [0.717, 1.165) is 11.8 Å². The van der Waals surface area contributed by atoms with Gasteiger partial charge in [-0.2, -0.15) is 0 Å². The first-order chi connectivity index (χ1) is 5.99. The van der Waals surface area contributed by atoms with E-state index in [4.69, 9.17) is 0 Å². The Bertz CT molecular complexity index is 157. The second-order valence-corrected chi connectivity index (χ2v) is 4.43. The minimum absolute atomic E-state index is 0.806. The lowest BCUT2D eigenvalue weighted by molar-refractivity contribution is 0.371. The molecule has 0 aromatic carbocycles. The quantitative estimate of drug-likeness (QED) is 0.630. The van der Waals surface area contributed by atoms with Crippen molar-refractivity contribution in [2.45, 2.75) is 40.5 Å². The van der Waals surface area contributed by atoms with Crippen molar-refractivity contribution < 1.29 is 0 Å². The normalized spacial score (nSPS) is 14.8. The van der Waals surface area contributed by atoms with E-state index in [2.05, 4.69) is 52.8 Å². The van der Waals surface area contributed by atoms with Crippen molar-refractivity contribution in [2.24, 2.45) is 11.8 Å². The fourth-order valence-electron chi connectivity index (χ4n) is 1.34. The predicted octanol–water partition coefficient (Wildman–Crippen LogP) is 3.52. The highest BCUT2D eigenvalue weighted by Crippen LogP contribution is 2.19. The van der Waals surface area contributed by atoms with Crippen molar-refractivity contribution in [1.29, 1.82) is 0 Å². The number of rotatable bonds is 5. The van der Waals surface area contributed by atoms with Crippen LogP contribution >= 0.6 is 0 Å². The van der Waals surface area contributed by atoms with Gasteiger partial charge in [0.15, 0.2) is 0 Å². The first-order valence-electron chi connectivity index (χ1n) is 5.31. The zero-order valence-electron chi connectivity index (χ0n) is 10.1. The van der Waals surface area contributed by atoms with E-state index in [1.54, 1.807) is 0 Å². The van der Waals surface area contributed by atoms with Crippen LogP contribution in [0.1, 0.15) is 40.5 Å². The topological polar surface area (TPSA) is 3.24 Å². The van der Waals surface area contributed by atoms with Crippen LogP contribution in [0.15, 0.2) is 11.8 Å². The van der Waals surface area contributed by atoms with Gasteiger partial charge in [0, 0.05) is 19.8 Å². The van der Waals surface area contributed by atoms with Gasteiger partial charge in [-0.15, -0.1) is 0 Å². The number of hydrogen-bond donors (Lipinski definition) is 0. The molecule has 0 rings (SSSR count). The highest BCUT2D eigenvalue weighted by atomic mass is 15.1. The standard InChI is InChI=1S/C12H25N/c1-7-12(13(5)6)9-8-11(4)10(2)3/h7,10-11H,8-9H2,1-6H3. The van der Waals surface area contributed by atoms with Crippen molar-refractivity contribution in [2.75, 3.05) is 14.1 Å². The molecule has 0 N–H and O–H groups in total. The molecule has 13 heavy (non-hydrogen) atoms. The van der Waals surface area contributed by atoms with Crippen LogP contribution < -0.4 is 0 Å². The molecule has 0 saturated heterocycles. The molecular weight excluding hydrogens is 158 g/mol. The fourth-order valence-corrected chi connectivity index (χ4v) is 1.34. The molecule has 1 nitrogen and oxygen atoms in total. The highest BCUT2D eigenvalue weighted by Gasteiger charge is 2.08. The Kier molecular flexibility index (Phi) is 5.85. The highest BCUT2D eigenvalue weighted by molar-refractivity contribution is 4.97. The van der Waals surface area contributed by atoms with Gasteiger partial charge < -0.3 is 4.90 Å². The summed E-state index contributed by atoms with van der Waals surface area (Å²) in [6.45, 7) is 9.06. The molecule has 0 aliphatic carbocycles. The van der Waals surface area contributed by atoms with E-state index >= 15 is 0 Å². The van der Waals surface area contributed by atoms with Crippen molar-refractivity contribution in [3.63, 3.8) is 0 Å². The molecule has 0 heterocycles. The summed E-state index contributed by atoms with van der Waals surface area (Å²) < 4.78 is 0. The Morgan fingerprint density at radius 1 is 1.23 bits per heavy atom. The van der Waals surface area contributed by atoms with Crippen LogP contribution in [0.5, 0.6) is 0 Å². The van der Waals surface area contributed by atoms with E-state index in [0.29, 0.717) is 0 Å². The molecule has 0 aromatic heterocycles. The summed E-state index contributed by atoms with van der Waals surface area (Å²) in [5.41, 5.74) is 1.45. The maximum Gasteiger partial charge on any atom is 0.00842 e. The maximum absolute atomic E-state index is 2.34. The molecule has 0 aliphatic rings. The van der Waals surface area contributed by atoms with Crippen LogP contribution in [0.3, 0.4) is 0 Å². The third-order valence-electron chi connectivity index (χ3n) is 2.90. The van der Waals surface area contributed by atoms with E-state index in [1.165, 1.54) is 18.5 Å².